The van der Waals surface area contributed by atoms with Gasteiger partial charge in [0.1, 0.15) is 11.4 Å². The molecule has 6 heteroatoms. The predicted octanol–water partition coefficient (Wildman–Crippen LogP) is 3.66. The molecule has 1 saturated carbocycles. The van der Waals surface area contributed by atoms with Gasteiger partial charge in [-0.2, -0.15) is 0 Å². The number of hydrogen-bond acceptors (Lipinski definition) is 4. The number of aryl methyl sites for hydroxylation is 1. The summed E-state index contributed by atoms with van der Waals surface area (Å²) in [5, 5.41) is 20.9. The van der Waals surface area contributed by atoms with E-state index in [1.54, 1.807) is 12.1 Å². The molecule has 0 aliphatic heterocycles. The molecule has 0 saturated heterocycles. The van der Waals surface area contributed by atoms with Crippen LogP contribution in [0.3, 0.4) is 0 Å². The Bertz CT molecular complexity index is 769. The van der Waals surface area contributed by atoms with Gasteiger partial charge in [-0.15, -0.1) is 0 Å². The molecule has 1 aliphatic carbocycles. The minimum atomic E-state index is -0.989. The summed E-state index contributed by atoms with van der Waals surface area (Å²) in [6.07, 6.45) is 5.04. The molecule has 3 rings (SSSR count). The third-order valence-corrected chi connectivity index (χ3v) is 5.74. The Morgan fingerprint density at radius 1 is 1.22 bits per heavy atom. The lowest BCUT2D eigenvalue weighted by Crippen LogP contribution is -2.43. The standard InChI is InChI=1S/C21H25ClN2O3/c1-24(20(26)9-4-15-2-5-16(22)6-3-15)17-10-12-21(27,13-11-17)19-8-7-18(25)14-23-19/h2-3,5-8,14,17,25,27H,4,9-13H2,1H3/t17-,21+. The average molecular weight is 389 g/mol. The number of aromatic nitrogens is 1. The van der Waals surface area contributed by atoms with E-state index in [0.29, 0.717) is 36.4 Å². The fourth-order valence-corrected chi connectivity index (χ4v) is 3.79. The molecule has 0 spiro atoms. The number of amides is 1. The Kier molecular flexibility index (Phi) is 6.02. The van der Waals surface area contributed by atoms with Crippen LogP contribution in [-0.4, -0.2) is 39.1 Å². The first-order valence-corrected chi connectivity index (χ1v) is 9.63. The van der Waals surface area contributed by atoms with Crippen molar-refractivity contribution in [2.45, 2.75) is 50.2 Å². The zero-order valence-electron chi connectivity index (χ0n) is 15.4. The quantitative estimate of drug-likeness (QED) is 0.819. The second-order valence-electron chi connectivity index (χ2n) is 7.30. The molecule has 0 bridgehead atoms. The maximum absolute atomic E-state index is 12.5. The van der Waals surface area contributed by atoms with Gasteiger partial charge in [-0.05, 0) is 61.9 Å². The van der Waals surface area contributed by atoms with Crippen molar-refractivity contribution >= 4 is 17.5 Å². The van der Waals surface area contributed by atoms with E-state index in [4.69, 9.17) is 11.6 Å². The zero-order valence-corrected chi connectivity index (χ0v) is 16.2. The van der Waals surface area contributed by atoms with E-state index in [9.17, 15) is 15.0 Å². The molecule has 1 aromatic heterocycles. The van der Waals surface area contributed by atoms with Crippen LogP contribution >= 0.6 is 11.6 Å². The van der Waals surface area contributed by atoms with Gasteiger partial charge in [0.2, 0.25) is 5.91 Å². The van der Waals surface area contributed by atoms with Crippen LogP contribution in [-0.2, 0) is 16.8 Å². The van der Waals surface area contributed by atoms with Crippen molar-refractivity contribution in [3.63, 3.8) is 0 Å². The maximum Gasteiger partial charge on any atom is 0.222 e. The van der Waals surface area contributed by atoms with Crippen molar-refractivity contribution in [2.24, 2.45) is 0 Å². The first kappa shape index (κ1) is 19.6. The number of aromatic hydroxyl groups is 1. The molecule has 1 aliphatic rings. The lowest BCUT2D eigenvalue weighted by Gasteiger charge is -2.39. The molecular weight excluding hydrogens is 364 g/mol. The normalized spacial score (nSPS) is 22.4. The Morgan fingerprint density at radius 3 is 2.48 bits per heavy atom. The van der Waals surface area contributed by atoms with Gasteiger partial charge in [-0.3, -0.25) is 9.78 Å². The SMILES string of the molecule is CN(C(=O)CCc1ccc(Cl)cc1)[C@H]1CC[C@](O)(c2ccc(O)cn2)CC1. The second kappa shape index (κ2) is 8.28. The van der Waals surface area contributed by atoms with E-state index in [1.165, 1.54) is 6.20 Å². The molecule has 5 nitrogen and oxygen atoms in total. The molecule has 0 unspecified atom stereocenters. The van der Waals surface area contributed by atoms with Gasteiger partial charge in [-0.1, -0.05) is 23.7 Å². The highest BCUT2D eigenvalue weighted by Crippen LogP contribution is 2.37. The minimum absolute atomic E-state index is 0.0852. The van der Waals surface area contributed by atoms with Crippen molar-refractivity contribution in [1.29, 1.82) is 0 Å². The molecule has 2 aromatic rings. The van der Waals surface area contributed by atoms with Gasteiger partial charge in [0.25, 0.3) is 0 Å². The van der Waals surface area contributed by atoms with Crippen LogP contribution < -0.4 is 0 Å². The molecule has 2 N–H and O–H groups in total. The average Bonchev–Trinajstić information content (AvgIpc) is 2.68. The topological polar surface area (TPSA) is 73.7 Å². The number of carbonyl (C=O) groups is 1. The van der Waals surface area contributed by atoms with Crippen LogP contribution in [0.1, 0.15) is 43.4 Å². The highest BCUT2D eigenvalue weighted by molar-refractivity contribution is 6.30. The summed E-state index contributed by atoms with van der Waals surface area (Å²) in [5.41, 5.74) is 0.685. The van der Waals surface area contributed by atoms with E-state index < -0.39 is 5.60 Å². The molecule has 0 radical (unpaired) electrons. The van der Waals surface area contributed by atoms with Crippen LogP contribution in [0.2, 0.25) is 5.02 Å². The highest BCUT2D eigenvalue weighted by atomic mass is 35.5. The number of pyridine rings is 1. The van der Waals surface area contributed by atoms with E-state index in [1.807, 2.05) is 36.2 Å². The van der Waals surface area contributed by atoms with E-state index >= 15 is 0 Å². The van der Waals surface area contributed by atoms with Gasteiger partial charge in [-0.25, -0.2) is 0 Å². The zero-order chi connectivity index (χ0) is 19.4. The largest absolute Gasteiger partial charge is 0.506 e. The number of nitrogens with zero attached hydrogens (tertiary/aromatic N) is 2. The van der Waals surface area contributed by atoms with Crippen LogP contribution in [0.5, 0.6) is 5.75 Å². The van der Waals surface area contributed by atoms with Gasteiger partial charge in [0, 0.05) is 24.5 Å². The fraction of sp³-hybridized carbons (Fsp3) is 0.429. The van der Waals surface area contributed by atoms with Crippen LogP contribution in [0.4, 0.5) is 0 Å². The minimum Gasteiger partial charge on any atom is -0.506 e. The van der Waals surface area contributed by atoms with Crippen molar-refractivity contribution < 1.29 is 15.0 Å². The monoisotopic (exact) mass is 388 g/mol. The first-order chi connectivity index (χ1) is 12.9. The van der Waals surface area contributed by atoms with Gasteiger partial charge in [0.05, 0.1) is 11.9 Å². The van der Waals surface area contributed by atoms with Crippen LogP contribution in [0.25, 0.3) is 0 Å². The van der Waals surface area contributed by atoms with Crippen molar-refractivity contribution in [3.8, 4) is 5.75 Å². The van der Waals surface area contributed by atoms with Gasteiger partial charge in [0.15, 0.2) is 0 Å². The molecule has 1 amide bonds. The number of carbonyl (C=O) groups excluding carboxylic acids is 1. The number of aliphatic hydroxyl groups is 1. The van der Waals surface area contributed by atoms with Gasteiger partial charge < -0.3 is 15.1 Å². The van der Waals surface area contributed by atoms with Crippen molar-refractivity contribution in [1.82, 2.24) is 9.88 Å². The summed E-state index contributed by atoms with van der Waals surface area (Å²) < 4.78 is 0. The molecule has 1 heterocycles. The van der Waals surface area contributed by atoms with Crippen molar-refractivity contribution in [3.05, 3.63) is 58.9 Å². The second-order valence-corrected chi connectivity index (χ2v) is 7.73. The third kappa shape index (κ3) is 4.79. The van der Waals surface area contributed by atoms with E-state index in [-0.39, 0.29) is 17.7 Å². The lowest BCUT2D eigenvalue weighted by molar-refractivity contribution is -0.134. The number of rotatable bonds is 5. The predicted molar refractivity (Wildman–Crippen MR) is 105 cm³/mol. The van der Waals surface area contributed by atoms with Crippen LogP contribution in [0.15, 0.2) is 42.6 Å². The lowest BCUT2D eigenvalue weighted by atomic mass is 9.79. The van der Waals surface area contributed by atoms with E-state index in [0.717, 1.165) is 18.4 Å². The number of benzene rings is 1. The summed E-state index contributed by atoms with van der Waals surface area (Å²) in [6, 6.07) is 10.9. The van der Waals surface area contributed by atoms with E-state index in [2.05, 4.69) is 4.98 Å². The third-order valence-electron chi connectivity index (χ3n) is 5.49. The van der Waals surface area contributed by atoms with Crippen LogP contribution in [0, 0.1) is 0 Å². The molecule has 144 valence electrons. The molecule has 0 atom stereocenters. The molecule has 27 heavy (non-hydrogen) atoms. The van der Waals surface area contributed by atoms with Crippen molar-refractivity contribution in [2.75, 3.05) is 7.05 Å². The Balaban J connectivity index is 1.52. The van der Waals surface area contributed by atoms with Gasteiger partial charge >= 0.3 is 0 Å². The Morgan fingerprint density at radius 2 is 1.89 bits per heavy atom. The number of halogens is 1. The summed E-state index contributed by atoms with van der Waals surface area (Å²) in [7, 11) is 1.85. The first-order valence-electron chi connectivity index (χ1n) is 9.25. The summed E-state index contributed by atoms with van der Waals surface area (Å²) >= 11 is 5.89. The number of hydrogen-bond donors (Lipinski definition) is 2. The summed E-state index contributed by atoms with van der Waals surface area (Å²) in [5.74, 6) is 0.199. The smallest absolute Gasteiger partial charge is 0.222 e. The molecule has 1 aromatic carbocycles. The Labute approximate surface area is 164 Å². The Hall–Kier alpha value is -2.11. The maximum atomic E-state index is 12.5. The molecular formula is C21H25ClN2O3. The summed E-state index contributed by atoms with van der Waals surface area (Å²) in [4.78, 5) is 18.5. The highest BCUT2D eigenvalue weighted by Gasteiger charge is 2.37. The molecule has 1 fully saturated rings. The fourth-order valence-electron chi connectivity index (χ4n) is 3.67. The summed E-state index contributed by atoms with van der Waals surface area (Å²) in [6.45, 7) is 0.